The van der Waals surface area contributed by atoms with Gasteiger partial charge in [0, 0.05) is 11.4 Å². The van der Waals surface area contributed by atoms with Gasteiger partial charge in [-0.05, 0) is 24.3 Å². The molecule has 0 saturated heterocycles. The zero-order valence-corrected chi connectivity index (χ0v) is 10.1. The molecule has 1 heterocycles. The van der Waals surface area contributed by atoms with E-state index in [9.17, 15) is 0 Å². The summed E-state index contributed by atoms with van der Waals surface area (Å²) in [6, 6.07) is 7.13. The zero-order valence-electron chi connectivity index (χ0n) is 9.36. The summed E-state index contributed by atoms with van der Waals surface area (Å²) in [5.41, 5.74) is 2.68. The van der Waals surface area contributed by atoms with Crippen LogP contribution in [0.2, 0.25) is 5.02 Å². The second kappa shape index (κ2) is 5.91. The molecule has 3 N–H and O–H groups in total. The largest absolute Gasteiger partial charge is 0.496 e. The maximum Gasteiger partial charge on any atom is 0.120 e. The second-order valence-electron chi connectivity index (χ2n) is 3.73. The average molecular weight is 255 g/mol. The van der Waals surface area contributed by atoms with Gasteiger partial charge >= 0.3 is 0 Å². The lowest BCUT2D eigenvalue weighted by Gasteiger charge is -2.17. The van der Waals surface area contributed by atoms with E-state index >= 15 is 0 Å². The molecule has 0 amide bonds. The highest BCUT2D eigenvalue weighted by Crippen LogP contribution is 2.19. The third-order valence-electron chi connectivity index (χ3n) is 2.49. The standard InChI is InChI=1S/C12H15ClN2O2/c13-9-3-1-4-10(7-9)17-8-11(15-14)12-5-2-6-16-12/h1,3-5,7,11,15H,2,6,8,14H2. The molecule has 0 aliphatic carbocycles. The van der Waals surface area contributed by atoms with Crippen LogP contribution < -0.4 is 16.0 Å². The number of nitrogens with two attached hydrogens (primary N) is 1. The lowest BCUT2D eigenvalue weighted by Crippen LogP contribution is -2.41. The van der Waals surface area contributed by atoms with Gasteiger partial charge in [0.05, 0.1) is 6.61 Å². The Hall–Kier alpha value is -1.23. The number of nitrogens with one attached hydrogen (secondary N) is 1. The lowest BCUT2D eigenvalue weighted by molar-refractivity contribution is 0.184. The van der Waals surface area contributed by atoms with Crippen molar-refractivity contribution in [3.8, 4) is 5.75 Å². The number of benzene rings is 1. The van der Waals surface area contributed by atoms with Crippen LogP contribution in [0, 0.1) is 0 Å². The molecule has 1 unspecified atom stereocenters. The first-order valence-corrected chi connectivity index (χ1v) is 5.85. The van der Waals surface area contributed by atoms with Crippen LogP contribution in [0.5, 0.6) is 5.75 Å². The predicted octanol–water partition coefficient (Wildman–Crippen LogP) is 1.85. The zero-order chi connectivity index (χ0) is 12.1. The maximum absolute atomic E-state index is 5.86. The van der Waals surface area contributed by atoms with E-state index in [1.54, 1.807) is 12.1 Å². The summed E-state index contributed by atoms with van der Waals surface area (Å²) in [6.45, 7) is 1.12. The molecule has 0 fully saturated rings. The van der Waals surface area contributed by atoms with Gasteiger partial charge < -0.3 is 9.47 Å². The number of hydrogen-bond acceptors (Lipinski definition) is 4. The van der Waals surface area contributed by atoms with Crippen LogP contribution >= 0.6 is 11.6 Å². The van der Waals surface area contributed by atoms with Gasteiger partial charge in [-0.2, -0.15) is 0 Å². The molecular formula is C12H15ClN2O2. The first kappa shape index (κ1) is 12.2. The van der Waals surface area contributed by atoms with Gasteiger partial charge in [0.25, 0.3) is 0 Å². The summed E-state index contributed by atoms with van der Waals surface area (Å²) in [5.74, 6) is 7.03. The Morgan fingerprint density at radius 2 is 2.41 bits per heavy atom. The highest BCUT2D eigenvalue weighted by atomic mass is 35.5. The van der Waals surface area contributed by atoms with Crippen LogP contribution in [-0.2, 0) is 4.74 Å². The summed E-state index contributed by atoms with van der Waals surface area (Å²) >= 11 is 5.86. The molecule has 92 valence electrons. The minimum Gasteiger partial charge on any atom is -0.496 e. The van der Waals surface area contributed by atoms with Crippen LogP contribution in [0.1, 0.15) is 6.42 Å². The van der Waals surface area contributed by atoms with Crippen molar-refractivity contribution in [2.45, 2.75) is 12.5 Å². The molecule has 1 atom stereocenters. The fourth-order valence-electron chi connectivity index (χ4n) is 1.63. The van der Waals surface area contributed by atoms with Gasteiger partial charge in [-0.15, -0.1) is 0 Å². The van der Waals surface area contributed by atoms with E-state index in [2.05, 4.69) is 5.43 Å². The van der Waals surface area contributed by atoms with E-state index in [-0.39, 0.29) is 6.04 Å². The fourth-order valence-corrected chi connectivity index (χ4v) is 1.81. The molecule has 1 aromatic rings. The fraction of sp³-hybridized carbons (Fsp3) is 0.333. The normalized spacial score (nSPS) is 16.2. The Labute approximate surface area is 105 Å². The molecule has 1 aromatic carbocycles. The molecule has 4 nitrogen and oxygen atoms in total. The van der Waals surface area contributed by atoms with Crippen LogP contribution in [-0.4, -0.2) is 19.3 Å². The first-order chi connectivity index (χ1) is 8.29. The van der Waals surface area contributed by atoms with E-state index in [0.717, 1.165) is 17.9 Å². The van der Waals surface area contributed by atoms with E-state index in [4.69, 9.17) is 26.9 Å². The van der Waals surface area contributed by atoms with Crippen molar-refractivity contribution < 1.29 is 9.47 Å². The van der Waals surface area contributed by atoms with Crippen molar-refractivity contribution in [3.63, 3.8) is 0 Å². The van der Waals surface area contributed by atoms with Crippen molar-refractivity contribution in [2.24, 2.45) is 5.84 Å². The monoisotopic (exact) mass is 254 g/mol. The van der Waals surface area contributed by atoms with Crippen LogP contribution in [0.4, 0.5) is 0 Å². The third-order valence-corrected chi connectivity index (χ3v) is 2.72. The van der Waals surface area contributed by atoms with Gasteiger partial charge in [0.2, 0.25) is 0 Å². The Kier molecular flexibility index (Phi) is 4.25. The van der Waals surface area contributed by atoms with Gasteiger partial charge in [0.1, 0.15) is 24.2 Å². The van der Waals surface area contributed by atoms with Crippen LogP contribution in [0.25, 0.3) is 0 Å². The number of hydrazine groups is 1. The van der Waals surface area contributed by atoms with Crippen molar-refractivity contribution in [2.75, 3.05) is 13.2 Å². The average Bonchev–Trinajstić information content (AvgIpc) is 2.84. The lowest BCUT2D eigenvalue weighted by atomic mass is 10.2. The molecule has 0 spiro atoms. The SMILES string of the molecule is NNC(COc1cccc(Cl)c1)C1=CCCO1. The summed E-state index contributed by atoms with van der Waals surface area (Å²) in [6.07, 6.45) is 2.94. The first-order valence-electron chi connectivity index (χ1n) is 5.47. The summed E-state index contributed by atoms with van der Waals surface area (Å²) in [7, 11) is 0. The summed E-state index contributed by atoms with van der Waals surface area (Å²) < 4.78 is 11.0. The molecular weight excluding hydrogens is 240 g/mol. The Morgan fingerprint density at radius 1 is 1.53 bits per heavy atom. The van der Waals surface area contributed by atoms with Gasteiger partial charge in [0.15, 0.2) is 0 Å². The number of halogens is 1. The van der Waals surface area contributed by atoms with Gasteiger partial charge in [-0.3, -0.25) is 5.84 Å². The highest BCUT2D eigenvalue weighted by Gasteiger charge is 2.18. The topological polar surface area (TPSA) is 56.5 Å². The molecule has 0 bridgehead atoms. The molecule has 1 aliphatic rings. The number of hydrogen-bond donors (Lipinski definition) is 2. The second-order valence-corrected chi connectivity index (χ2v) is 4.17. The quantitative estimate of drug-likeness (QED) is 0.622. The Balaban J connectivity index is 1.91. The van der Waals surface area contributed by atoms with Gasteiger partial charge in [-0.25, -0.2) is 5.43 Å². The predicted molar refractivity (Wildman–Crippen MR) is 66.7 cm³/mol. The highest BCUT2D eigenvalue weighted by molar-refractivity contribution is 6.30. The number of ether oxygens (including phenoxy) is 2. The summed E-state index contributed by atoms with van der Waals surface area (Å²) in [5, 5.41) is 0.649. The molecule has 17 heavy (non-hydrogen) atoms. The molecule has 0 aromatic heterocycles. The Bertz CT molecular complexity index is 409. The van der Waals surface area contributed by atoms with Crippen molar-refractivity contribution in [1.29, 1.82) is 0 Å². The van der Waals surface area contributed by atoms with E-state index < -0.39 is 0 Å². The third kappa shape index (κ3) is 3.36. The van der Waals surface area contributed by atoms with E-state index in [0.29, 0.717) is 18.2 Å². The minimum atomic E-state index is -0.128. The smallest absolute Gasteiger partial charge is 0.120 e. The van der Waals surface area contributed by atoms with Crippen LogP contribution in [0.3, 0.4) is 0 Å². The van der Waals surface area contributed by atoms with Crippen molar-refractivity contribution >= 4 is 11.6 Å². The van der Waals surface area contributed by atoms with E-state index in [1.165, 1.54) is 0 Å². The molecule has 0 saturated carbocycles. The summed E-state index contributed by atoms with van der Waals surface area (Å²) in [4.78, 5) is 0. The molecule has 2 rings (SSSR count). The van der Waals surface area contributed by atoms with Crippen molar-refractivity contribution in [1.82, 2.24) is 5.43 Å². The molecule has 0 radical (unpaired) electrons. The van der Waals surface area contributed by atoms with Crippen molar-refractivity contribution in [3.05, 3.63) is 41.1 Å². The molecule has 5 heteroatoms. The minimum absolute atomic E-state index is 0.128. The molecule has 1 aliphatic heterocycles. The van der Waals surface area contributed by atoms with Gasteiger partial charge in [-0.1, -0.05) is 17.7 Å². The maximum atomic E-state index is 5.86. The number of rotatable bonds is 5. The van der Waals surface area contributed by atoms with E-state index in [1.807, 2.05) is 18.2 Å². The Morgan fingerprint density at radius 3 is 3.06 bits per heavy atom. The van der Waals surface area contributed by atoms with Crippen LogP contribution in [0.15, 0.2) is 36.1 Å².